The minimum absolute atomic E-state index is 0.174. The summed E-state index contributed by atoms with van der Waals surface area (Å²) in [4.78, 5) is 10.7. The van der Waals surface area contributed by atoms with E-state index < -0.39 is 10.0 Å². The summed E-state index contributed by atoms with van der Waals surface area (Å²) >= 11 is 0. The number of sulfonamides is 1. The number of benzene rings is 2. The lowest BCUT2D eigenvalue weighted by Crippen LogP contribution is -2.23. The van der Waals surface area contributed by atoms with Gasteiger partial charge in [-0.05, 0) is 23.3 Å². The van der Waals surface area contributed by atoms with Crippen molar-refractivity contribution in [3.63, 3.8) is 0 Å². The maximum atomic E-state index is 12.2. The first-order valence-corrected chi connectivity index (χ1v) is 7.66. The van der Waals surface area contributed by atoms with Crippen LogP contribution in [0.2, 0.25) is 0 Å². The molecule has 0 radical (unpaired) electrons. The SMILES string of the molecule is O=CCc1cccc(S(=O)(=O)NCc2ccccc2)c1. The average molecular weight is 289 g/mol. The molecule has 4 nitrogen and oxygen atoms in total. The zero-order chi connectivity index (χ0) is 14.4. The number of aldehydes is 1. The molecule has 2 rings (SSSR count). The van der Waals surface area contributed by atoms with E-state index in [9.17, 15) is 13.2 Å². The highest BCUT2D eigenvalue weighted by Crippen LogP contribution is 2.12. The summed E-state index contributed by atoms with van der Waals surface area (Å²) in [6.45, 7) is 0.237. The monoisotopic (exact) mass is 289 g/mol. The molecule has 104 valence electrons. The first kappa shape index (κ1) is 14.4. The first-order chi connectivity index (χ1) is 9.62. The second-order valence-electron chi connectivity index (χ2n) is 4.33. The molecule has 0 heterocycles. The molecule has 2 aromatic carbocycles. The van der Waals surface area contributed by atoms with Gasteiger partial charge in [0.25, 0.3) is 0 Å². The summed E-state index contributed by atoms with van der Waals surface area (Å²) in [5, 5.41) is 0. The van der Waals surface area contributed by atoms with E-state index in [2.05, 4.69) is 4.72 Å². The van der Waals surface area contributed by atoms with E-state index in [1.165, 1.54) is 12.1 Å². The molecule has 0 atom stereocenters. The van der Waals surface area contributed by atoms with E-state index in [1.54, 1.807) is 12.1 Å². The van der Waals surface area contributed by atoms with E-state index >= 15 is 0 Å². The number of carbonyl (C=O) groups excluding carboxylic acids is 1. The summed E-state index contributed by atoms with van der Waals surface area (Å²) in [7, 11) is -3.57. The van der Waals surface area contributed by atoms with E-state index in [1.807, 2.05) is 30.3 Å². The van der Waals surface area contributed by atoms with Crippen molar-refractivity contribution in [3.8, 4) is 0 Å². The molecule has 1 N–H and O–H groups in total. The second kappa shape index (κ2) is 6.45. The third-order valence-electron chi connectivity index (χ3n) is 2.84. The average Bonchev–Trinajstić information content (AvgIpc) is 2.47. The molecule has 0 saturated carbocycles. The zero-order valence-electron chi connectivity index (χ0n) is 10.8. The third-order valence-corrected chi connectivity index (χ3v) is 4.24. The van der Waals surface area contributed by atoms with Gasteiger partial charge in [0.2, 0.25) is 10.0 Å². The maximum absolute atomic E-state index is 12.2. The predicted octanol–water partition coefficient (Wildman–Crippen LogP) is 1.91. The van der Waals surface area contributed by atoms with Crippen LogP contribution in [-0.2, 0) is 27.8 Å². The molecule has 0 aliphatic heterocycles. The van der Waals surface area contributed by atoms with Crippen LogP contribution < -0.4 is 4.72 Å². The van der Waals surface area contributed by atoms with Crippen LogP contribution in [-0.4, -0.2) is 14.7 Å². The molecule has 20 heavy (non-hydrogen) atoms. The standard InChI is InChI=1S/C15H15NO3S/c17-10-9-13-7-4-8-15(11-13)20(18,19)16-12-14-5-2-1-3-6-14/h1-8,10-11,16H,9,12H2. The summed E-state index contributed by atoms with van der Waals surface area (Å²) in [5.74, 6) is 0. The van der Waals surface area contributed by atoms with Crippen molar-refractivity contribution in [1.29, 1.82) is 0 Å². The molecule has 0 spiro atoms. The molecule has 0 aromatic heterocycles. The topological polar surface area (TPSA) is 63.2 Å². The van der Waals surface area contributed by atoms with Crippen LogP contribution in [0, 0.1) is 0 Å². The molecule has 0 bridgehead atoms. The summed E-state index contributed by atoms with van der Waals surface area (Å²) in [5.41, 5.74) is 1.57. The Morgan fingerprint density at radius 1 is 0.950 bits per heavy atom. The molecule has 2 aromatic rings. The Morgan fingerprint density at radius 3 is 2.35 bits per heavy atom. The third kappa shape index (κ3) is 3.76. The lowest BCUT2D eigenvalue weighted by Gasteiger charge is -2.07. The minimum atomic E-state index is -3.57. The maximum Gasteiger partial charge on any atom is 0.240 e. The predicted molar refractivity (Wildman–Crippen MR) is 76.7 cm³/mol. The Morgan fingerprint density at radius 2 is 1.65 bits per heavy atom. The van der Waals surface area contributed by atoms with Crippen molar-refractivity contribution in [3.05, 3.63) is 65.7 Å². The van der Waals surface area contributed by atoms with Gasteiger partial charge in [0, 0.05) is 13.0 Å². The van der Waals surface area contributed by atoms with Crippen molar-refractivity contribution in [1.82, 2.24) is 4.72 Å². The van der Waals surface area contributed by atoms with Gasteiger partial charge in [-0.2, -0.15) is 0 Å². The fourth-order valence-electron chi connectivity index (χ4n) is 1.79. The van der Waals surface area contributed by atoms with Gasteiger partial charge in [-0.25, -0.2) is 13.1 Å². The fourth-order valence-corrected chi connectivity index (χ4v) is 2.88. The number of rotatable bonds is 6. The van der Waals surface area contributed by atoms with Crippen LogP contribution in [0.15, 0.2) is 59.5 Å². The highest BCUT2D eigenvalue weighted by Gasteiger charge is 2.13. The molecule has 0 aliphatic carbocycles. The van der Waals surface area contributed by atoms with Crippen LogP contribution in [0.5, 0.6) is 0 Å². The van der Waals surface area contributed by atoms with Gasteiger partial charge in [-0.1, -0.05) is 42.5 Å². The van der Waals surface area contributed by atoms with Gasteiger partial charge in [-0.15, -0.1) is 0 Å². The van der Waals surface area contributed by atoms with E-state index in [0.717, 1.165) is 11.8 Å². The molecular formula is C15H15NO3S. The van der Waals surface area contributed by atoms with Crippen LogP contribution in [0.1, 0.15) is 11.1 Å². The van der Waals surface area contributed by atoms with Gasteiger partial charge in [0.1, 0.15) is 6.29 Å². The van der Waals surface area contributed by atoms with E-state index in [4.69, 9.17) is 0 Å². The lowest BCUT2D eigenvalue weighted by atomic mass is 10.2. The number of carbonyl (C=O) groups is 1. The minimum Gasteiger partial charge on any atom is -0.303 e. The zero-order valence-corrected chi connectivity index (χ0v) is 11.6. The number of nitrogens with one attached hydrogen (secondary N) is 1. The molecule has 0 amide bonds. The summed E-state index contributed by atoms with van der Waals surface area (Å²) < 4.78 is 26.9. The number of hydrogen-bond donors (Lipinski definition) is 1. The first-order valence-electron chi connectivity index (χ1n) is 6.18. The molecule has 0 aliphatic rings. The van der Waals surface area contributed by atoms with Gasteiger partial charge < -0.3 is 4.79 Å². The van der Waals surface area contributed by atoms with Crippen LogP contribution in [0.3, 0.4) is 0 Å². The molecule has 5 heteroatoms. The molecule has 0 fully saturated rings. The Labute approximate surface area is 118 Å². The van der Waals surface area contributed by atoms with E-state index in [0.29, 0.717) is 5.56 Å². The van der Waals surface area contributed by atoms with Crippen LogP contribution in [0.4, 0.5) is 0 Å². The smallest absolute Gasteiger partial charge is 0.240 e. The Balaban J connectivity index is 2.14. The van der Waals surface area contributed by atoms with Gasteiger partial charge >= 0.3 is 0 Å². The van der Waals surface area contributed by atoms with Crippen molar-refractivity contribution in [2.24, 2.45) is 0 Å². The van der Waals surface area contributed by atoms with Gasteiger partial charge in [0.15, 0.2) is 0 Å². The van der Waals surface area contributed by atoms with Crippen molar-refractivity contribution >= 4 is 16.3 Å². The Bertz CT molecular complexity index is 681. The quantitative estimate of drug-likeness (QED) is 0.826. The molecule has 0 unspecified atom stereocenters. The summed E-state index contributed by atoms with van der Waals surface area (Å²) in [6, 6.07) is 15.7. The largest absolute Gasteiger partial charge is 0.303 e. The van der Waals surface area contributed by atoms with Gasteiger partial charge in [-0.3, -0.25) is 0 Å². The molecule has 0 saturated heterocycles. The van der Waals surface area contributed by atoms with Crippen LogP contribution in [0.25, 0.3) is 0 Å². The van der Waals surface area contributed by atoms with Crippen LogP contribution >= 0.6 is 0 Å². The van der Waals surface area contributed by atoms with Crippen molar-refractivity contribution in [2.45, 2.75) is 17.9 Å². The highest BCUT2D eigenvalue weighted by atomic mass is 32.2. The van der Waals surface area contributed by atoms with Gasteiger partial charge in [0.05, 0.1) is 4.90 Å². The summed E-state index contributed by atoms with van der Waals surface area (Å²) in [6.07, 6.45) is 0.963. The highest BCUT2D eigenvalue weighted by molar-refractivity contribution is 7.89. The fraction of sp³-hybridized carbons (Fsp3) is 0.133. The molecular weight excluding hydrogens is 274 g/mol. The Kier molecular flexibility index (Phi) is 4.65. The second-order valence-corrected chi connectivity index (χ2v) is 6.10. The van der Waals surface area contributed by atoms with E-state index in [-0.39, 0.29) is 17.9 Å². The Hall–Kier alpha value is -1.98. The lowest BCUT2D eigenvalue weighted by molar-refractivity contribution is -0.107. The van der Waals surface area contributed by atoms with Crippen molar-refractivity contribution < 1.29 is 13.2 Å². The van der Waals surface area contributed by atoms with Crippen molar-refractivity contribution in [2.75, 3.05) is 0 Å². The normalized spacial score (nSPS) is 11.2. The number of hydrogen-bond acceptors (Lipinski definition) is 3.